The van der Waals surface area contributed by atoms with E-state index in [2.05, 4.69) is 43.3 Å². The van der Waals surface area contributed by atoms with Crippen LogP contribution in [-0.4, -0.2) is 6.61 Å². The average molecular weight is 200 g/mol. The Morgan fingerprint density at radius 3 is 2.60 bits per heavy atom. The zero-order chi connectivity index (χ0) is 10.7. The number of fused-ring (bicyclic) bond motifs is 1. The fourth-order valence-electron chi connectivity index (χ4n) is 1.90. The Morgan fingerprint density at radius 1 is 1.07 bits per heavy atom. The summed E-state index contributed by atoms with van der Waals surface area (Å²) >= 11 is 0. The molecule has 0 N–H and O–H groups in total. The van der Waals surface area contributed by atoms with Crippen molar-refractivity contribution in [1.29, 1.82) is 0 Å². The van der Waals surface area contributed by atoms with Gasteiger partial charge in [-0.25, -0.2) is 0 Å². The largest absolute Gasteiger partial charge is 0.494 e. The van der Waals surface area contributed by atoms with Gasteiger partial charge in [0, 0.05) is 0 Å². The first-order valence-electron chi connectivity index (χ1n) is 5.49. The number of rotatable bonds is 3. The van der Waals surface area contributed by atoms with Crippen LogP contribution >= 0.6 is 0 Å². The van der Waals surface area contributed by atoms with E-state index < -0.39 is 0 Å². The molecule has 0 atom stereocenters. The molecule has 0 radical (unpaired) electrons. The minimum atomic E-state index is 0.724. The fourth-order valence-corrected chi connectivity index (χ4v) is 1.90. The monoisotopic (exact) mass is 200 g/mol. The molecule has 0 bridgehead atoms. The van der Waals surface area contributed by atoms with E-state index >= 15 is 0 Å². The second-order valence-electron chi connectivity index (χ2n) is 3.59. The van der Waals surface area contributed by atoms with Crippen molar-refractivity contribution in [3.8, 4) is 5.75 Å². The van der Waals surface area contributed by atoms with Crippen LogP contribution in [0.15, 0.2) is 36.4 Å². The molecule has 0 saturated heterocycles. The van der Waals surface area contributed by atoms with Crippen molar-refractivity contribution in [2.75, 3.05) is 6.61 Å². The van der Waals surface area contributed by atoms with Crippen LogP contribution in [0.5, 0.6) is 5.75 Å². The van der Waals surface area contributed by atoms with Crippen molar-refractivity contribution in [1.82, 2.24) is 0 Å². The molecule has 1 heteroatoms. The van der Waals surface area contributed by atoms with Crippen molar-refractivity contribution >= 4 is 10.8 Å². The van der Waals surface area contributed by atoms with E-state index in [0.717, 1.165) is 18.8 Å². The predicted molar refractivity (Wildman–Crippen MR) is 64.5 cm³/mol. The average Bonchev–Trinajstić information content (AvgIpc) is 2.28. The van der Waals surface area contributed by atoms with Crippen LogP contribution in [0.1, 0.15) is 19.4 Å². The maximum Gasteiger partial charge on any atom is 0.120 e. The summed E-state index contributed by atoms with van der Waals surface area (Å²) in [5, 5.41) is 2.60. The number of ether oxygens (including phenoxy) is 1. The van der Waals surface area contributed by atoms with E-state index in [1.165, 1.54) is 16.3 Å². The summed E-state index contributed by atoms with van der Waals surface area (Å²) in [7, 11) is 0. The SMILES string of the molecule is CCOc1cc(CC)c2ccccc2c1. The summed E-state index contributed by atoms with van der Waals surface area (Å²) in [5.74, 6) is 0.980. The van der Waals surface area contributed by atoms with Gasteiger partial charge in [0.1, 0.15) is 5.75 Å². The van der Waals surface area contributed by atoms with E-state index in [9.17, 15) is 0 Å². The Labute approximate surface area is 90.7 Å². The van der Waals surface area contributed by atoms with E-state index in [1.807, 2.05) is 6.92 Å². The summed E-state index contributed by atoms with van der Waals surface area (Å²) in [6.07, 6.45) is 1.04. The molecule has 2 aromatic carbocycles. The number of hydrogen-bond acceptors (Lipinski definition) is 1. The first kappa shape index (κ1) is 10.0. The van der Waals surface area contributed by atoms with Crippen molar-refractivity contribution in [2.24, 2.45) is 0 Å². The van der Waals surface area contributed by atoms with Gasteiger partial charge in [0.25, 0.3) is 0 Å². The van der Waals surface area contributed by atoms with E-state index in [-0.39, 0.29) is 0 Å². The number of aryl methyl sites for hydroxylation is 1. The second kappa shape index (κ2) is 4.35. The summed E-state index contributed by atoms with van der Waals surface area (Å²) < 4.78 is 5.56. The van der Waals surface area contributed by atoms with Crippen LogP contribution in [0.3, 0.4) is 0 Å². The summed E-state index contributed by atoms with van der Waals surface area (Å²) in [4.78, 5) is 0. The molecule has 0 aliphatic rings. The maximum atomic E-state index is 5.56. The summed E-state index contributed by atoms with van der Waals surface area (Å²) in [5.41, 5.74) is 1.36. The molecule has 15 heavy (non-hydrogen) atoms. The molecule has 0 aromatic heterocycles. The Balaban J connectivity index is 2.60. The molecule has 0 aliphatic carbocycles. The van der Waals surface area contributed by atoms with Crippen molar-refractivity contribution in [2.45, 2.75) is 20.3 Å². The van der Waals surface area contributed by atoms with Gasteiger partial charge in [0.15, 0.2) is 0 Å². The molecule has 0 aliphatic heterocycles. The normalized spacial score (nSPS) is 10.5. The Morgan fingerprint density at radius 2 is 1.87 bits per heavy atom. The molecule has 0 unspecified atom stereocenters. The minimum absolute atomic E-state index is 0.724. The molecule has 0 saturated carbocycles. The smallest absolute Gasteiger partial charge is 0.120 e. The van der Waals surface area contributed by atoms with Crippen LogP contribution in [-0.2, 0) is 6.42 Å². The minimum Gasteiger partial charge on any atom is -0.494 e. The van der Waals surface area contributed by atoms with Gasteiger partial charge in [-0.3, -0.25) is 0 Å². The van der Waals surface area contributed by atoms with E-state index in [0.29, 0.717) is 0 Å². The maximum absolute atomic E-state index is 5.56. The predicted octanol–water partition coefficient (Wildman–Crippen LogP) is 3.80. The lowest BCUT2D eigenvalue weighted by molar-refractivity contribution is 0.340. The number of benzene rings is 2. The molecule has 78 valence electrons. The van der Waals surface area contributed by atoms with Gasteiger partial charge in [-0.2, -0.15) is 0 Å². The van der Waals surface area contributed by atoms with Crippen LogP contribution in [0.4, 0.5) is 0 Å². The van der Waals surface area contributed by atoms with Crippen molar-refractivity contribution in [3.63, 3.8) is 0 Å². The quantitative estimate of drug-likeness (QED) is 0.732. The highest BCUT2D eigenvalue weighted by Crippen LogP contribution is 2.25. The third-order valence-electron chi connectivity index (χ3n) is 2.61. The Kier molecular flexibility index (Phi) is 2.91. The molecule has 0 fully saturated rings. The highest BCUT2D eigenvalue weighted by atomic mass is 16.5. The van der Waals surface area contributed by atoms with Crippen molar-refractivity contribution < 1.29 is 4.74 Å². The first-order valence-corrected chi connectivity index (χ1v) is 5.49. The van der Waals surface area contributed by atoms with Gasteiger partial charge in [0.2, 0.25) is 0 Å². The zero-order valence-electron chi connectivity index (χ0n) is 9.29. The molecule has 1 nitrogen and oxygen atoms in total. The van der Waals surface area contributed by atoms with Gasteiger partial charge in [-0.1, -0.05) is 31.2 Å². The zero-order valence-corrected chi connectivity index (χ0v) is 9.29. The van der Waals surface area contributed by atoms with Gasteiger partial charge < -0.3 is 4.74 Å². The highest BCUT2D eigenvalue weighted by molar-refractivity contribution is 5.87. The Bertz CT molecular complexity index is 460. The van der Waals surface area contributed by atoms with Crippen LogP contribution in [0, 0.1) is 0 Å². The molecule has 0 spiro atoms. The van der Waals surface area contributed by atoms with Crippen LogP contribution < -0.4 is 4.74 Å². The molecule has 0 heterocycles. The lowest BCUT2D eigenvalue weighted by atomic mass is 10.0. The standard InChI is InChI=1S/C14H16O/c1-3-11-9-13(15-4-2)10-12-7-5-6-8-14(11)12/h5-10H,3-4H2,1-2H3. The topological polar surface area (TPSA) is 9.23 Å². The molecular weight excluding hydrogens is 184 g/mol. The van der Waals surface area contributed by atoms with E-state index in [4.69, 9.17) is 4.74 Å². The van der Waals surface area contributed by atoms with Gasteiger partial charge in [0.05, 0.1) is 6.61 Å². The van der Waals surface area contributed by atoms with E-state index in [1.54, 1.807) is 0 Å². The molecule has 2 aromatic rings. The van der Waals surface area contributed by atoms with Crippen LogP contribution in [0.25, 0.3) is 10.8 Å². The fraction of sp³-hybridized carbons (Fsp3) is 0.286. The summed E-state index contributed by atoms with van der Waals surface area (Å²) in [6.45, 7) is 4.92. The van der Waals surface area contributed by atoms with Crippen LogP contribution in [0.2, 0.25) is 0 Å². The molecule has 0 amide bonds. The molecule has 2 rings (SSSR count). The van der Waals surface area contributed by atoms with Gasteiger partial charge in [-0.05, 0) is 41.8 Å². The highest BCUT2D eigenvalue weighted by Gasteiger charge is 2.02. The van der Waals surface area contributed by atoms with Gasteiger partial charge >= 0.3 is 0 Å². The van der Waals surface area contributed by atoms with Crippen molar-refractivity contribution in [3.05, 3.63) is 42.0 Å². The lowest BCUT2D eigenvalue weighted by Gasteiger charge is -2.09. The van der Waals surface area contributed by atoms with Gasteiger partial charge in [-0.15, -0.1) is 0 Å². The Hall–Kier alpha value is -1.50. The lowest BCUT2D eigenvalue weighted by Crippen LogP contribution is -1.93. The third kappa shape index (κ3) is 1.96. The number of hydrogen-bond donors (Lipinski definition) is 0. The molecular formula is C14H16O. The first-order chi connectivity index (χ1) is 7.35. The summed E-state index contributed by atoms with van der Waals surface area (Å²) in [6, 6.07) is 12.7. The second-order valence-corrected chi connectivity index (χ2v) is 3.59. The third-order valence-corrected chi connectivity index (χ3v) is 2.61.